The van der Waals surface area contributed by atoms with Crippen molar-refractivity contribution in [1.29, 1.82) is 0 Å². The highest BCUT2D eigenvalue weighted by Crippen LogP contribution is 2.27. The first-order valence-corrected chi connectivity index (χ1v) is 16.3. The number of carbonyl (C=O) groups excluding carboxylic acids is 3. The molecule has 2 fully saturated rings. The first kappa shape index (κ1) is 36.8. The molecule has 8 heteroatoms. The van der Waals surface area contributed by atoms with Crippen LogP contribution in [0, 0.1) is 5.92 Å². The van der Waals surface area contributed by atoms with Crippen LogP contribution in [0.25, 0.3) is 0 Å². The fourth-order valence-electron chi connectivity index (χ4n) is 5.13. The molecule has 1 N–H and O–H groups in total. The van der Waals surface area contributed by atoms with Gasteiger partial charge in [-0.05, 0) is 56.5 Å². The molecular formula is C36H54N2O6. The van der Waals surface area contributed by atoms with Gasteiger partial charge in [0.2, 0.25) is 6.41 Å². The molecule has 0 aromatic heterocycles. The van der Waals surface area contributed by atoms with Crippen molar-refractivity contribution in [2.45, 2.75) is 91.6 Å². The summed E-state index contributed by atoms with van der Waals surface area (Å²) in [6.07, 6.45) is 11.9. The predicted octanol–water partition coefficient (Wildman–Crippen LogP) is 6.95. The van der Waals surface area contributed by atoms with E-state index < -0.39 is 0 Å². The SMILES string of the molecule is C1CCCCC1.CC(C)C(=O)CNC(=O)c1cccc(C2CCCN(C=O)C2)c1.CCOCc1ccc(OC)cc1OCC. The Morgan fingerprint density at radius 2 is 1.68 bits per heavy atom. The van der Waals surface area contributed by atoms with Crippen LogP contribution < -0.4 is 14.8 Å². The predicted molar refractivity (Wildman–Crippen MR) is 175 cm³/mol. The summed E-state index contributed by atoms with van der Waals surface area (Å²) in [5, 5.41) is 2.68. The number of Topliss-reactive ketones (excluding diaryl/α,β-unsaturated/α-hetero) is 1. The molecule has 2 amide bonds. The number of methoxy groups -OCH3 is 1. The molecule has 0 bridgehead atoms. The Labute approximate surface area is 264 Å². The van der Waals surface area contributed by atoms with E-state index in [0.29, 0.717) is 31.9 Å². The lowest BCUT2D eigenvalue weighted by Gasteiger charge is -2.30. The number of nitrogens with zero attached hydrogens (tertiary/aromatic N) is 1. The Kier molecular flexibility index (Phi) is 17.8. The minimum Gasteiger partial charge on any atom is -0.497 e. The van der Waals surface area contributed by atoms with Gasteiger partial charge in [0.1, 0.15) is 11.5 Å². The van der Waals surface area contributed by atoms with Gasteiger partial charge >= 0.3 is 0 Å². The second-order valence-electron chi connectivity index (χ2n) is 11.5. The molecule has 1 saturated carbocycles. The topological polar surface area (TPSA) is 94.2 Å². The average Bonchev–Trinajstić information content (AvgIpc) is 3.08. The van der Waals surface area contributed by atoms with Gasteiger partial charge in [0.15, 0.2) is 5.78 Å². The maximum atomic E-state index is 12.2. The van der Waals surface area contributed by atoms with E-state index in [9.17, 15) is 14.4 Å². The third-order valence-corrected chi connectivity index (χ3v) is 7.83. The van der Waals surface area contributed by atoms with Crippen molar-refractivity contribution in [3.63, 3.8) is 0 Å². The molecule has 2 aliphatic rings. The summed E-state index contributed by atoms with van der Waals surface area (Å²) in [4.78, 5) is 36.5. The second kappa shape index (κ2) is 21.3. The quantitative estimate of drug-likeness (QED) is 0.262. The molecule has 1 heterocycles. The maximum absolute atomic E-state index is 12.2. The summed E-state index contributed by atoms with van der Waals surface area (Å²) >= 11 is 0. The van der Waals surface area contributed by atoms with Gasteiger partial charge < -0.3 is 24.4 Å². The van der Waals surface area contributed by atoms with E-state index in [1.807, 2.05) is 64.1 Å². The number of benzene rings is 2. The van der Waals surface area contributed by atoms with E-state index in [1.165, 1.54) is 38.5 Å². The lowest BCUT2D eigenvalue weighted by molar-refractivity contribution is -0.121. The lowest BCUT2D eigenvalue weighted by atomic mass is 9.90. The van der Waals surface area contributed by atoms with Crippen LogP contribution in [-0.4, -0.2) is 63.0 Å². The number of likely N-dealkylation sites (tertiary alicyclic amines) is 1. The highest BCUT2D eigenvalue weighted by atomic mass is 16.5. The van der Waals surface area contributed by atoms with E-state index in [2.05, 4.69) is 5.32 Å². The summed E-state index contributed by atoms with van der Waals surface area (Å²) in [5.74, 6) is 1.61. The minimum absolute atomic E-state index is 0.0170. The number of nitrogens with one attached hydrogen (secondary N) is 1. The zero-order chi connectivity index (χ0) is 32.2. The highest BCUT2D eigenvalue weighted by molar-refractivity contribution is 5.97. The van der Waals surface area contributed by atoms with E-state index in [1.54, 1.807) is 18.1 Å². The summed E-state index contributed by atoms with van der Waals surface area (Å²) in [7, 11) is 1.65. The molecule has 2 aromatic carbocycles. The molecule has 8 nitrogen and oxygen atoms in total. The smallest absolute Gasteiger partial charge is 0.251 e. The molecule has 0 spiro atoms. The third kappa shape index (κ3) is 13.5. The van der Waals surface area contributed by atoms with Gasteiger partial charge in [0.05, 0.1) is 26.9 Å². The molecule has 0 radical (unpaired) electrons. The number of ether oxygens (including phenoxy) is 3. The van der Waals surface area contributed by atoms with Crippen molar-refractivity contribution in [1.82, 2.24) is 10.2 Å². The Morgan fingerprint density at radius 3 is 2.27 bits per heavy atom. The molecule has 1 aliphatic carbocycles. The van der Waals surface area contributed by atoms with Gasteiger partial charge in [0.25, 0.3) is 5.91 Å². The number of hydrogen-bond acceptors (Lipinski definition) is 6. The van der Waals surface area contributed by atoms with Crippen molar-refractivity contribution in [3.8, 4) is 11.5 Å². The van der Waals surface area contributed by atoms with Crippen molar-refractivity contribution in [2.75, 3.05) is 40.0 Å². The van der Waals surface area contributed by atoms with Crippen molar-refractivity contribution < 1.29 is 28.6 Å². The van der Waals surface area contributed by atoms with Crippen LogP contribution in [0.1, 0.15) is 106 Å². The monoisotopic (exact) mass is 610 g/mol. The molecule has 1 atom stereocenters. The average molecular weight is 611 g/mol. The fraction of sp³-hybridized carbons (Fsp3) is 0.583. The van der Waals surface area contributed by atoms with E-state index in [4.69, 9.17) is 14.2 Å². The first-order chi connectivity index (χ1) is 21.3. The molecular weight excluding hydrogens is 556 g/mol. The zero-order valence-electron chi connectivity index (χ0n) is 27.6. The summed E-state index contributed by atoms with van der Waals surface area (Å²) in [5.41, 5.74) is 2.68. The van der Waals surface area contributed by atoms with Crippen LogP contribution in [0.2, 0.25) is 0 Å². The van der Waals surface area contributed by atoms with Gasteiger partial charge in [0, 0.05) is 48.7 Å². The highest BCUT2D eigenvalue weighted by Gasteiger charge is 2.21. The molecule has 1 unspecified atom stereocenters. The van der Waals surface area contributed by atoms with Gasteiger partial charge in [-0.15, -0.1) is 0 Å². The molecule has 2 aromatic rings. The molecule has 44 heavy (non-hydrogen) atoms. The first-order valence-electron chi connectivity index (χ1n) is 16.3. The molecule has 1 saturated heterocycles. The number of amides is 2. The van der Waals surface area contributed by atoms with Crippen molar-refractivity contribution in [3.05, 3.63) is 59.2 Å². The van der Waals surface area contributed by atoms with E-state index in [-0.39, 0.29) is 30.1 Å². The standard InChI is InChI=1S/C18H24N2O3.C12H18O3.C6H12/c1-13(2)17(22)10-19-18(23)15-6-3-5-14(9-15)16-7-4-8-20(11-16)12-21;1-4-14-9-10-6-7-11(13-3)8-12(10)15-5-2;1-2-4-6-5-3-1/h3,5-6,9,12-13,16H,4,7-8,10-11H2,1-2H3,(H,19,23);6-8H,4-5,9H2,1-3H3;1-6H2. The van der Waals surface area contributed by atoms with E-state index in [0.717, 1.165) is 48.4 Å². The van der Waals surface area contributed by atoms with Crippen LogP contribution >= 0.6 is 0 Å². The van der Waals surface area contributed by atoms with Crippen LogP contribution in [-0.2, 0) is 20.9 Å². The van der Waals surface area contributed by atoms with Crippen molar-refractivity contribution in [2.24, 2.45) is 5.92 Å². The Bertz CT molecular complexity index is 1120. The number of hydrogen-bond donors (Lipinski definition) is 1. The maximum Gasteiger partial charge on any atom is 0.251 e. The second-order valence-corrected chi connectivity index (χ2v) is 11.5. The third-order valence-electron chi connectivity index (χ3n) is 7.83. The van der Waals surface area contributed by atoms with Crippen LogP contribution in [0.5, 0.6) is 11.5 Å². The summed E-state index contributed by atoms with van der Waals surface area (Å²) in [6, 6.07) is 13.2. The summed E-state index contributed by atoms with van der Waals surface area (Å²) < 4.78 is 16.0. The minimum atomic E-state index is -0.232. The molecule has 4 rings (SSSR count). The van der Waals surface area contributed by atoms with Gasteiger partial charge in [-0.25, -0.2) is 0 Å². The number of carbonyl (C=O) groups is 3. The Morgan fingerprint density at radius 1 is 0.977 bits per heavy atom. The molecule has 1 aliphatic heterocycles. The Hall–Kier alpha value is -3.39. The van der Waals surface area contributed by atoms with Crippen molar-refractivity contribution >= 4 is 18.1 Å². The van der Waals surface area contributed by atoms with Gasteiger partial charge in [-0.3, -0.25) is 14.4 Å². The largest absolute Gasteiger partial charge is 0.497 e. The summed E-state index contributed by atoms with van der Waals surface area (Å²) in [6.45, 7) is 11.1. The number of piperidine rings is 1. The van der Waals surface area contributed by atoms with Crippen LogP contribution in [0.3, 0.4) is 0 Å². The Balaban J connectivity index is 0.000000273. The molecule has 244 valence electrons. The zero-order valence-corrected chi connectivity index (χ0v) is 27.6. The van der Waals surface area contributed by atoms with Gasteiger partial charge in [-0.1, -0.05) is 64.5 Å². The van der Waals surface area contributed by atoms with Crippen LogP contribution in [0.4, 0.5) is 0 Å². The lowest BCUT2D eigenvalue weighted by Crippen LogP contribution is -2.33. The van der Waals surface area contributed by atoms with Gasteiger partial charge in [-0.2, -0.15) is 0 Å². The number of rotatable bonds is 12. The van der Waals surface area contributed by atoms with E-state index >= 15 is 0 Å². The van der Waals surface area contributed by atoms with Crippen LogP contribution in [0.15, 0.2) is 42.5 Å². The fourth-order valence-corrected chi connectivity index (χ4v) is 5.13. The normalized spacial score (nSPS) is 16.0. The number of ketones is 1.